The molecule has 0 aromatic rings. The standard InChI is InChI=1S/AsH3.Bi.Cd.Cr.Pb.Sb.Sn.10H/h1H3;;;;;;;;;;;;;;;;. The van der Waals surface area contributed by atoms with E-state index >= 15 is 0 Å². The van der Waals surface area contributed by atoms with E-state index in [0.29, 0.717) is 0 Å². The van der Waals surface area contributed by atoms with Crippen LogP contribution in [-0.4, -0.2) is 120 Å². The summed E-state index contributed by atoms with van der Waals surface area (Å²) < 4.78 is 0. The van der Waals surface area contributed by atoms with Crippen LogP contribution in [0, 0.1) is 0 Å². The van der Waals surface area contributed by atoms with Crippen molar-refractivity contribution in [1.29, 1.82) is 0 Å². The van der Waals surface area contributed by atoms with E-state index in [-0.39, 0.29) is 164 Å². The summed E-state index contributed by atoms with van der Waals surface area (Å²) in [5, 5.41) is 0. The van der Waals surface area contributed by atoms with E-state index < -0.39 is 0 Å². The average Bonchev–Trinajstić information content (AvgIpc) is 0. The van der Waals surface area contributed by atoms with Gasteiger partial charge >= 0.3 is 120 Å². The van der Waals surface area contributed by atoms with Gasteiger partial charge in [0, 0.05) is 44.7 Å². The molecule has 1 atom stereocenters. The van der Waals surface area contributed by atoms with Gasteiger partial charge in [-0.2, -0.15) is 0 Å². The summed E-state index contributed by atoms with van der Waals surface area (Å²) in [7, 11) is 0. The van der Waals surface area contributed by atoms with Crippen LogP contribution in [0.5, 0.6) is 0 Å². The Hall–Kier alpha value is 5.44. The molecule has 0 bridgehead atoms. The molecular formula is H13AsBiCdCrPbSbSn. The third-order valence-corrected chi connectivity index (χ3v) is 0. The summed E-state index contributed by atoms with van der Waals surface area (Å²) in [5.74, 6) is 0. The van der Waals surface area contributed by atoms with Crippen LogP contribution in [-0.2, 0) is 44.7 Å². The molecule has 0 heterocycles. The molecular weight excluding hydrogens is 896 g/mol. The molecule has 7 heavy (non-hydrogen) atoms. The van der Waals surface area contributed by atoms with Gasteiger partial charge in [0.15, 0.2) is 0 Å². The van der Waals surface area contributed by atoms with Crippen molar-refractivity contribution in [2.75, 3.05) is 0 Å². The van der Waals surface area contributed by atoms with Crippen LogP contribution in [0.1, 0.15) is 0 Å². The molecule has 0 amide bonds. The summed E-state index contributed by atoms with van der Waals surface area (Å²) in [4.78, 5) is 0. The summed E-state index contributed by atoms with van der Waals surface area (Å²) >= 11 is 0. The van der Waals surface area contributed by atoms with E-state index in [4.69, 9.17) is 0 Å². The van der Waals surface area contributed by atoms with E-state index in [1.54, 1.807) is 0 Å². The van der Waals surface area contributed by atoms with Crippen LogP contribution in [0.2, 0.25) is 0 Å². The quantitative estimate of drug-likeness (QED) is 0.214. The van der Waals surface area contributed by atoms with Crippen molar-refractivity contribution in [3.05, 3.63) is 0 Å². The van der Waals surface area contributed by atoms with Crippen molar-refractivity contribution in [2.45, 2.75) is 0 Å². The van der Waals surface area contributed by atoms with E-state index in [9.17, 15) is 0 Å². The van der Waals surface area contributed by atoms with Crippen molar-refractivity contribution in [3.8, 4) is 0 Å². The molecule has 0 rings (SSSR count). The molecule has 0 saturated heterocycles. The van der Waals surface area contributed by atoms with E-state index in [0.717, 1.165) is 0 Å². The number of hydrogen-bond acceptors (Lipinski definition) is 0. The van der Waals surface area contributed by atoms with Gasteiger partial charge in [-0.3, -0.25) is 0 Å². The molecule has 0 spiro atoms. The first kappa shape index (κ1) is 55.0. The van der Waals surface area contributed by atoms with Crippen LogP contribution >= 0.6 is 0 Å². The maximum atomic E-state index is 0. The second kappa shape index (κ2) is 42.2. The van der Waals surface area contributed by atoms with Crippen molar-refractivity contribution in [3.63, 3.8) is 0 Å². The molecule has 0 aliphatic heterocycles. The van der Waals surface area contributed by atoms with Gasteiger partial charge in [-0.05, 0) is 0 Å². The fourth-order valence-electron chi connectivity index (χ4n) is 0. The van der Waals surface area contributed by atoms with Crippen LogP contribution in [0.3, 0.4) is 0 Å². The van der Waals surface area contributed by atoms with Crippen LogP contribution in [0.25, 0.3) is 0 Å². The Bertz CT molecular complexity index is 19.7. The molecule has 0 fully saturated rings. The second-order valence-electron chi connectivity index (χ2n) is 0. The van der Waals surface area contributed by atoms with E-state index in [1.165, 1.54) is 0 Å². The molecule has 0 N–H and O–H groups in total. The Morgan fingerprint density at radius 2 is 1.00 bits per heavy atom. The topological polar surface area (TPSA) is 0 Å². The van der Waals surface area contributed by atoms with Gasteiger partial charge in [-0.1, -0.05) is 0 Å². The first-order valence-electron chi connectivity index (χ1n) is 0. The Morgan fingerprint density at radius 1 is 1.00 bits per heavy atom. The van der Waals surface area contributed by atoms with Crippen molar-refractivity contribution < 1.29 is 44.7 Å². The first-order chi connectivity index (χ1) is 0. The molecule has 1 unspecified atom stereocenters. The van der Waals surface area contributed by atoms with Gasteiger partial charge in [0.05, 0.1) is 0 Å². The second-order valence-corrected chi connectivity index (χ2v) is 0. The van der Waals surface area contributed by atoms with Crippen LogP contribution in [0.4, 0.5) is 0 Å². The minimum absolute atomic E-state index is 0. The Kier molecular flexibility index (Phi) is 331. The van der Waals surface area contributed by atoms with Crippen molar-refractivity contribution >= 4 is 120 Å². The monoisotopic (exact) mass is 912 g/mol. The molecule has 0 aromatic carbocycles. The summed E-state index contributed by atoms with van der Waals surface area (Å²) in [5.41, 5.74) is 0. The van der Waals surface area contributed by atoms with Crippen molar-refractivity contribution in [1.82, 2.24) is 0 Å². The van der Waals surface area contributed by atoms with E-state index in [1.807, 2.05) is 0 Å². The fourth-order valence-corrected chi connectivity index (χ4v) is 0. The predicted octanol–water partition coefficient (Wildman–Crippen LogP) is -5.39. The van der Waals surface area contributed by atoms with Gasteiger partial charge in [0.1, 0.15) is 0 Å². The van der Waals surface area contributed by atoms with Gasteiger partial charge in [-0.25, -0.2) is 0 Å². The number of rotatable bonds is 0. The summed E-state index contributed by atoms with van der Waals surface area (Å²) in [6.07, 6.45) is 0. The predicted molar refractivity (Wildman–Crippen MR) is 46.9 cm³/mol. The van der Waals surface area contributed by atoms with Gasteiger partial charge in [0.2, 0.25) is 0 Å². The average molecular weight is 909 g/mol. The molecule has 0 aliphatic carbocycles. The Morgan fingerprint density at radius 3 is 1.00 bits per heavy atom. The molecule has 44 valence electrons. The summed E-state index contributed by atoms with van der Waals surface area (Å²) in [6, 6.07) is 0. The zero-order valence-electron chi connectivity index (χ0n) is 4.65. The zero-order valence-corrected chi connectivity index (χ0v) is 32.0. The molecule has 4 radical (unpaired) electrons. The van der Waals surface area contributed by atoms with Crippen molar-refractivity contribution in [2.24, 2.45) is 0 Å². The molecule has 0 saturated carbocycles. The SMILES string of the molecule is [AsH3].[BiH3].[Cd].[Cr].[PbH2].[SbH3].[SnH2]. The van der Waals surface area contributed by atoms with E-state index in [2.05, 4.69) is 0 Å². The fraction of sp³-hybridized carbons (Fsp3) is 0. The maximum absolute atomic E-state index is 0. The Labute approximate surface area is 160 Å². The third-order valence-electron chi connectivity index (χ3n) is 0. The summed E-state index contributed by atoms with van der Waals surface area (Å²) in [6.45, 7) is 0. The van der Waals surface area contributed by atoms with Crippen LogP contribution in [0.15, 0.2) is 0 Å². The van der Waals surface area contributed by atoms with Crippen LogP contribution < -0.4 is 0 Å². The van der Waals surface area contributed by atoms with Gasteiger partial charge in [-0.15, -0.1) is 0 Å². The van der Waals surface area contributed by atoms with Gasteiger partial charge < -0.3 is 0 Å². The van der Waals surface area contributed by atoms with Gasteiger partial charge in [0.25, 0.3) is 0 Å². The number of hydrogen-bond donors (Lipinski definition) is 0. The Balaban J connectivity index is 0. The molecule has 0 nitrogen and oxygen atoms in total. The zero-order chi connectivity index (χ0) is 0. The normalized spacial score (nSPS) is 0. The molecule has 0 aliphatic rings. The first-order valence-corrected chi connectivity index (χ1v) is 0. The third kappa shape index (κ3) is 34.5. The molecule has 7 heteroatoms. The molecule has 0 aromatic heterocycles. The minimum atomic E-state index is 0.